The highest BCUT2D eigenvalue weighted by Gasteiger charge is 2.31. The quantitative estimate of drug-likeness (QED) is 0.607. The highest BCUT2D eigenvalue weighted by molar-refractivity contribution is 6.34. The summed E-state index contributed by atoms with van der Waals surface area (Å²) >= 11 is 6.10. The molecule has 0 atom stereocenters. The van der Waals surface area contributed by atoms with Crippen molar-refractivity contribution >= 4 is 40.1 Å². The van der Waals surface area contributed by atoms with Crippen molar-refractivity contribution in [2.75, 3.05) is 23.3 Å². The third-order valence-corrected chi connectivity index (χ3v) is 6.06. The first-order chi connectivity index (χ1) is 14.6. The molecule has 0 radical (unpaired) electrons. The van der Waals surface area contributed by atoms with Gasteiger partial charge in [-0.25, -0.2) is 14.4 Å². The lowest BCUT2D eigenvalue weighted by molar-refractivity contribution is 0.0896. The van der Waals surface area contributed by atoms with E-state index in [4.69, 9.17) is 21.6 Å². The molecule has 6 nitrogen and oxygen atoms in total. The zero-order valence-electron chi connectivity index (χ0n) is 16.3. The predicted molar refractivity (Wildman–Crippen MR) is 115 cm³/mol. The predicted octanol–water partition coefficient (Wildman–Crippen LogP) is 4.49. The van der Waals surface area contributed by atoms with E-state index in [0.29, 0.717) is 32.0 Å². The van der Waals surface area contributed by atoms with Crippen molar-refractivity contribution in [2.24, 2.45) is 5.92 Å². The van der Waals surface area contributed by atoms with Crippen molar-refractivity contribution in [3.8, 4) is 0 Å². The van der Waals surface area contributed by atoms with Gasteiger partial charge in [0.25, 0.3) is 0 Å². The van der Waals surface area contributed by atoms with Crippen molar-refractivity contribution in [3.05, 3.63) is 53.1 Å². The number of piperidine rings is 1. The van der Waals surface area contributed by atoms with Crippen molar-refractivity contribution in [1.82, 2.24) is 15.0 Å². The van der Waals surface area contributed by atoms with Crippen LogP contribution in [0, 0.1) is 11.7 Å². The van der Waals surface area contributed by atoms with E-state index in [1.54, 1.807) is 18.5 Å². The van der Waals surface area contributed by atoms with Gasteiger partial charge >= 0.3 is 0 Å². The van der Waals surface area contributed by atoms with E-state index in [2.05, 4.69) is 15.2 Å². The number of nitrogens with one attached hydrogen (secondary N) is 1. The first-order valence-electron chi connectivity index (χ1n) is 10.2. The van der Waals surface area contributed by atoms with Crippen molar-refractivity contribution < 1.29 is 9.18 Å². The van der Waals surface area contributed by atoms with Gasteiger partial charge in [0.15, 0.2) is 17.4 Å². The molecule has 2 aromatic heterocycles. The summed E-state index contributed by atoms with van der Waals surface area (Å²) < 4.78 is 14.2. The molecular formula is C22H21ClFN5O. The van der Waals surface area contributed by atoms with Crippen LogP contribution in [0.3, 0.4) is 0 Å². The number of carbonyl (C=O) groups excluding carboxylic acids is 1. The number of hydrogen-bond donors (Lipinski definition) is 1. The number of ketones is 1. The highest BCUT2D eigenvalue weighted by Crippen LogP contribution is 2.34. The van der Waals surface area contributed by atoms with Gasteiger partial charge in [0.1, 0.15) is 11.3 Å². The van der Waals surface area contributed by atoms with Gasteiger partial charge in [-0.1, -0.05) is 17.7 Å². The van der Waals surface area contributed by atoms with E-state index in [-0.39, 0.29) is 22.3 Å². The summed E-state index contributed by atoms with van der Waals surface area (Å²) in [5.74, 6) is 0.530. The summed E-state index contributed by atoms with van der Waals surface area (Å²) in [7, 11) is 0. The van der Waals surface area contributed by atoms with E-state index >= 15 is 0 Å². The average Bonchev–Trinajstić information content (AvgIpc) is 3.57. The normalized spacial score (nSPS) is 17.3. The zero-order chi connectivity index (χ0) is 20.7. The number of halogens is 2. The highest BCUT2D eigenvalue weighted by atomic mass is 35.5. The Morgan fingerprint density at radius 3 is 2.63 bits per heavy atom. The fourth-order valence-corrected chi connectivity index (χ4v) is 4.18. The van der Waals surface area contributed by atoms with Gasteiger partial charge < -0.3 is 10.2 Å². The second kappa shape index (κ2) is 7.80. The largest absolute Gasteiger partial charge is 0.364 e. The molecule has 8 heteroatoms. The number of nitrogens with zero attached hydrogens (tertiary/aromatic N) is 4. The summed E-state index contributed by atoms with van der Waals surface area (Å²) in [6, 6.07) is 6.65. The van der Waals surface area contributed by atoms with Gasteiger partial charge in [0.2, 0.25) is 0 Å². The van der Waals surface area contributed by atoms with E-state index in [1.165, 1.54) is 12.1 Å². The number of fused-ring (bicyclic) bond motifs is 1. The van der Waals surface area contributed by atoms with Crippen LogP contribution in [0.1, 0.15) is 36.0 Å². The molecule has 3 heterocycles. The minimum Gasteiger partial charge on any atom is -0.364 e. The number of Topliss-reactive ketones (excluding diaryl/α,β-unsaturated/α-hetero) is 1. The van der Waals surface area contributed by atoms with Crippen LogP contribution in [0.4, 0.5) is 16.0 Å². The van der Waals surface area contributed by atoms with Gasteiger partial charge in [-0.15, -0.1) is 0 Å². The van der Waals surface area contributed by atoms with Crippen LogP contribution in [0.5, 0.6) is 0 Å². The van der Waals surface area contributed by atoms with Crippen LogP contribution in [0.2, 0.25) is 5.02 Å². The topological polar surface area (TPSA) is 71.0 Å². The lowest BCUT2D eigenvalue weighted by atomic mass is 9.88. The van der Waals surface area contributed by atoms with E-state index in [0.717, 1.165) is 35.5 Å². The van der Waals surface area contributed by atoms with Crippen LogP contribution in [0.15, 0.2) is 36.7 Å². The molecule has 30 heavy (non-hydrogen) atoms. The monoisotopic (exact) mass is 425 g/mol. The molecule has 5 rings (SSSR count). The Labute approximate surface area is 178 Å². The zero-order valence-corrected chi connectivity index (χ0v) is 17.1. The smallest absolute Gasteiger partial charge is 0.172 e. The summed E-state index contributed by atoms with van der Waals surface area (Å²) in [5.41, 5.74) is 1.55. The number of pyridine rings is 1. The maximum atomic E-state index is 14.2. The second-order valence-corrected chi connectivity index (χ2v) is 8.31. The fourth-order valence-electron chi connectivity index (χ4n) is 3.93. The average molecular weight is 426 g/mol. The van der Waals surface area contributed by atoms with Crippen LogP contribution < -0.4 is 10.2 Å². The van der Waals surface area contributed by atoms with E-state index in [9.17, 15) is 9.18 Å². The van der Waals surface area contributed by atoms with E-state index < -0.39 is 5.82 Å². The standard InChI is InChI=1S/C22H21ClFN5O/c23-15-2-1-3-16(24)19(15)20(30)13-7-10-29(11-8-13)22-21(26-14-4-5-14)27-17-6-9-25-12-18(17)28-22/h1-3,6,9,12-14H,4-5,7-8,10-11H2,(H,26,27). The molecule has 3 aromatic rings. The third-order valence-electron chi connectivity index (χ3n) is 5.74. The number of rotatable bonds is 5. The molecule has 1 saturated heterocycles. The number of aromatic nitrogens is 3. The molecule has 0 spiro atoms. The third kappa shape index (κ3) is 3.69. The molecule has 1 aliphatic heterocycles. The van der Waals surface area contributed by atoms with Gasteiger partial charge in [-0.2, -0.15) is 0 Å². The maximum Gasteiger partial charge on any atom is 0.172 e. The summed E-state index contributed by atoms with van der Waals surface area (Å²) in [6.45, 7) is 1.28. The van der Waals surface area contributed by atoms with Crippen LogP contribution in [-0.2, 0) is 0 Å². The molecule has 1 aliphatic carbocycles. The Morgan fingerprint density at radius 2 is 1.90 bits per heavy atom. The summed E-state index contributed by atoms with van der Waals surface area (Å²) in [5, 5.41) is 3.65. The Morgan fingerprint density at radius 1 is 1.10 bits per heavy atom. The first-order valence-corrected chi connectivity index (χ1v) is 10.6. The summed E-state index contributed by atoms with van der Waals surface area (Å²) in [4.78, 5) is 28.8. The molecule has 0 bridgehead atoms. The minimum absolute atomic E-state index is 0.00489. The summed E-state index contributed by atoms with van der Waals surface area (Å²) in [6.07, 6.45) is 6.91. The van der Waals surface area contributed by atoms with Gasteiger partial charge in [0, 0.05) is 31.2 Å². The van der Waals surface area contributed by atoms with Gasteiger partial charge in [-0.05, 0) is 43.9 Å². The number of anilines is 2. The molecule has 2 aliphatic rings. The number of carbonyl (C=O) groups is 1. The lowest BCUT2D eigenvalue weighted by Crippen LogP contribution is -2.37. The van der Waals surface area contributed by atoms with Crippen molar-refractivity contribution in [2.45, 2.75) is 31.7 Å². The Balaban J connectivity index is 1.37. The van der Waals surface area contributed by atoms with Gasteiger partial charge in [-0.3, -0.25) is 9.78 Å². The Bertz CT molecular complexity index is 1090. The van der Waals surface area contributed by atoms with E-state index in [1.807, 2.05) is 6.07 Å². The molecule has 1 saturated carbocycles. The van der Waals surface area contributed by atoms with Crippen molar-refractivity contribution in [3.63, 3.8) is 0 Å². The second-order valence-electron chi connectivity index (χ2n) is 7.90. The van der Waals surface area contributed by atoms with Crippen LogP contribution >= 0.6 is 11.6 Å². The Hall–Kier alpha value is -2.80. The molecule has 1 aromatic carbocycles. The first kappa shape index (κ1) is 19.2. The van der Waals surface area contributed by atoms with Crippen molar-refractivity contribution in [1.29, 1.82) is 0 Å². The molecule has 0 unspecified atom stereocenters. The molecule has 2 fully saturated rings. The molecule has 0 amide bonds. The molecule has 1 N–H and O–H groups in total. The minimum atomic E-state index is -0.557. The van der Waals surface area contributed by atoms with Gasteiger partial charge in [0.05, 0.1) is 22.3 Å². The molecule has 154 valence electrons. The number of benzene rings is 1. The SMILES string of the molecule is O=C(c1c(F)cccc1Cl)C1CCN(c2nc3cnccc3nc2NC2CC2)CC1. The lowest BCUT2D eigenvalue weighted by Gasteiger charge is -2.33. The van der Waals surface area contributed by atoms with Crippen LogP contribution in [-0.4, -0.2) is 39.9 Å². The van der Waals surface area contributed by atoms with Crippen LogP contribution in [0.25, 0.3) is 11.0 Å². The Kier molecular flexibility index (Phi) is 4.98. The molecular weight excluding hydrogens is 405 g/mol. The fraction of sp³-hybridized carbons (Fsp3) is 0.364. The number of hydrogen-bond acceptors (Lipinski definition) is 6. The maximum absolute atomic E-state index is 14.2.